The van der Waals surface area contributed by atoms with Crippen LogP contribution in [0, 0.1) is 0 Å². The number of hydrogen-bond donors (Lipinski definition) is 1. The quantitative estimate of drug-likeness (QED) is 0.928. The molecule has 1 aliphatic rings. The van der Waals surface area contributed by atoms with Crippen molar-refractivity contribution in [1.82, 2.24) is 9.55 Å². The van der Waals surface area contributed by atoms with Crippen LogP contribution in [0.4, 0.5) is 0 Å². The molecular weight excluding hydrogens is 252 g/mol. The van der Waals surface area contributed by atoms with Crippen LogP contribution in [0.2, 0.25) is 0 Å². The third-order valence-corrected chi connectivity index (χ3v) is 4.45. The molecule has 2 aromatic rings. The van der Waals surface area contributed by atoms with E-state index in [4.69, 9.17) is 10.1 Å². The van der Waals surface area contributed by atoms with E-state index in [-0.39, 0.29) is 11.8 Å². The largest absolute Gasteiger partial charge is 0.481 e. The van der Waals surface area contributed by atoms with Crippen LogP contribution in [0.3, 0.4) is 0 Å². The second kappa shape index (κ2) is 4.93. The molecule has 106 valence electrons. The van der Waals surface area contributed by atoms with Crippen LogP contribution >= 0.6 is 0 Å². The lowest BCUT2D eigenvalue weighted by Gasteiger charge is -2.24. The molecule has 0 spiro atoms. The third-order valence-electron chi connectivity index (χ3n) is 4.45. The Hall–Kier alpha value is -1.84. The molecule has 1 aliphatic carbocycles. The lowest BCUT2D eigenvalue weighted by atomic mass is 9.88. The normalized spacial score (nSPS) is 17.6. The summed E-state index contributed by atoms with van der Waals surface area (Å²) in [6.45, 7) is 2.76. The highest BCUT2D eigenvalue weighted by Crippen LogP contribution is 2.41. The summed E-state index contributed by atoms with van der Waals surface area (Å²) >= 11 is 0. The molecule has 1 N–H and O–H groups in total. The van der Waals surface area contributed by atoms with Crippen molar-refractivity contribution in [3.63, 3.8) is 0 Å². The molecule has 4 heteroatoms. The van der Waals surface area contributed by atoms with Gasteiger partial charge in [-0.25, -0.2) is 4.98 Å². The topological polar surface area (TPSA) is 55.1 Å². The van der Waals surface area contributed by atoms with Crippen molar-refractivity contribution in [2.45, 2.75) is 51.0 Å². The Labute approximate surface area is 118 Å². The molecule has 0 unspecified atom stereocenters. The Balaban J connectivity index is 2.09. The van der Waals surface area contributed by atoms with E-state index in [1.807, 2.05) is 24.3 Å². The van der Waals surface area contributed by atoms with Gasteiger partial charge in [-0.05, 0) is 25.0 Å². The highest BCUT2D eigenvalue weighted by molar-refractivity contribution is 5.76. The Morgan fingerprint density at radius 3 is 2.75 bits per heavy atom. The van der Waals surface area contributed by atoms with E-state index < -0.39 is 5.97 Å². The second-order valence-corrected chi connectivity index (χ2v) is 5.99. The highest BCUT2D eigenvalue weighted by Gasteiger charge is 2.35. The van der Waals surface area contributed by atoms with Crippen molar-refractivity contribution in [2.75, 3.05) is 0 Å². The predicted molar refractivity (Wildman–Crippen MR) is 77.8 cm³/mol. The number of imidazole rings is 1. The van der Waals surface area contributed by atoms with Crippen molar-refractivity contribution in [2.24, 2.45) is 0 Å². The Morgan fingerprint density at radius 1 is 1.35 bits per heavy atom. The number of carbonyl (C=O) groups is 1. The summed E-state index contributed by atoms with van der Waals surface area (Å²) < 4.78 is 2.12. The van der Waals surface area contributed by atoms with Crippen molar-refractivity contribution in [3.05, 3.63) is 30.1 Å². The Morgan fingerprint density at radius 2 is 2.05 bits per heavy atom. The summed E-state index contributed by atoms with van der Waals surface area (Å²) in [5.41, 5.74) is 2.12. The molecule has 1 aromatic heterocycles. The number of benzene rings is 1. The third kappa shape index (κ3) is 2.19. The fourth-order valence-corrected chi connectivity index (χ4v) is 3.35. The van der Waals surface area contributed by atoms with Gasteiger partial charge in [0.15, 0.2) is 0 Å². The first-order valence-electron chi connectivity index (χ1n) is 7.28. The Kier molecular flexibility index (Phi) is 3.24. The van der Waals surface area contributed by atoms with E-state index in [0.29, 0.717) is 6.54 Å². The van der Waals surface area contributed by atoms with E-state index in [0.717, 1.165) is 29.7 Å². The maximum Gasteiger partial charge on any atom is 0.305 e. The van der Waals surface area contributed by atoms with E-state index in [1.54, 1.807) is 0 Å². The minimum Gasteiger partial charge on any atom is -0.481 e. The van der Waals surface area contributed by atoms with Gasteiger partial charge < -0.3 is 9.67 Å². The molecule has 4 nitrogen and oxygen atoms in total. The molecule has 0 radical (unpaired) electrons. The summed E-state index contributed by atoms with van der Waals surface area (Å²) in [4.78, 5) is 15.7. The summed E-state index contributed by atoms with van der Waals surface area (Å²) in [6.07, 6.45) is 4.90. The standard InChI is InChI=1S/C16H20N2O2/c1-16(9-4-5-10-16)15-17-12-6-2-3-7-13(12)18(15)11-8-14(19)20/h2-3,6-7H,4-5,8-11H2,1H3,(H,19,20). The molecule has 20 heavy (non-hydrogen) atoms. The number of para-hydroxylation sites is 2. The summed E-state index contributed by atoms with van der Waals surface area (Å²) in [6, 6.07) is 8.01. The maximum atomic E-state index is 10.9. The molecule has 1 heterocycles. The number of rotatable bonds is 4. The molecular formula is C16H20N2O2. The van der Waals surface area contributed by atoms with Gasteiger partial charge >= 0.3 is 5.97 Å². The lowest BCUT2D eigenvalue weighted by molar-refractivity contribution is -0.137. The van der Waals surface area contributed by atoms with E-state index in [1.165, 1.54) is 12.8 Å². The van der Waals surface area contributed by atoms with Crippen LogP contribution in [0.25, 0.3) is 11.0 Å². The molecule has 1 fully saturated rings. The van der Waals surface area contributed by atoms with Gasteiger partial charge in [0.1, 0.15) is 5.82 Å². The molecule has 3 rings (SSSR count). The molecule has 0 atom stereocenters. The van der Waals surface area contributed by atoms with E-state index in [9.17, 15) is 4.79 Å². The second-order valence-electron chi connectivity index (χ2n) is 5.99. The fourth-order valence-electron chi connectivity index (χ4n) is 3.35. The van der Waals surface area contributed by atoms with Gasteiger partial charge in [-0.2, -0.15) is 0 Å². The summed E-state index contributed by atoms with van der Waals surface area (Å²) in [7, 11) is 0. The predicted octanol–water partition coefficient (Wildman–Crippen LogP) is 3.34. The fraction of sp³-hybridized carbons (Fsp3) is 0.500. The first-order chi connectivity index (χ1) is 9.60. The number of hydrogen-bond acceptors (Lipinski definition) is 2. The number of carboxylic acid groups (broad SMARTS) is 1. The van der Waals surface area contributed by atoms with Gasteiger partial charge in [-0.15, -0.1) is 0 Å². The Bertz CT molecular complexity index is 639. The van der Waals surface area contributed by atoms with Crippen LogP contribution < -0.4 is 0 Å². The van der Waals surface area contributed by atoms with Gasteiger partial charge in [0.2, 0.25) is 0 Å². The number of aryl methyl sites for hydroxylation is 1. The van der Waals surface area contributed by atoms with Crippen LogP contribution in [-0.4, -0.2) is 20.6 Å². The van der Waals surface area contributed by atoms with Gasteiger partial charge in [0.25, 0.3) is 0 Å². The molecule has 0 bridgehead atoms. The molecule has 1 saturated carbocycles. The number of carboxylic acids is 1. The number of nitrogens with zero attached hydrogens (tertiary/aromatic N) is 2. The van der Waals surface area contributed by atoms with Crippen LogP contribution in [0.15, 0.2) is 24.3 Å². The van der Waals surface area contributed by atoms with Crippen molar-refractivity contribution in [3.8, 4) is 0 Å². The van der Waals surface area contributed by atoms with Crippen molar-refractivity contribution >= 4 is 17.0 Å². The lowest BCUT2D eigenvalue weighted by Crippen LogP contribution is -2.23. The van der Waals surface area contributed by atoms with Crippen LogP contribution in [0.5, 0.6) is 0 Å². The minimum atomic E-state index is -0.759. The molecule has 0 aliphatic heterocycles. The zero-order chi connectivity index (χ0) is 14.2. The SMILES string of the molecule is CC1(c2nc3ccccc3n2CCC(=O)O)CCCC1. The highest BCUT2D eigenvalue weighted by atomic mass is 16.4. The zero-order valence-electron chi connectivity index (χ0n) is 11.8. The van der Waals surface area contributed by atoms with Crippen molar-refractivity contribution in [1.29, 1.82) is 0 Å². The van der Waals surface area contributed by atoms with E-state index in [2.05, 4.69) is 11.5 Å². The first-order valence-corrected chi connectivity index (χ1v) is 7.28. The minimum absolute atomic E-state index is 0.0948. The van der Waals surface area contributed by atoms with Crippen LogP contribution in [0.1, 0.15) is 44.9 Å². The maximum absolute atomic E-state index is 10.9. The van der Waals surface area contributed by atoms with Gasteiger partial charge in [0, 0.05) is 12.0 Å². The number of aromatic nitrogens is 2. The average molecular weight is 272 g/mol. The molecule has 1 aromatic carbocycles. The van der Waals surface area contributed by atoms with Gasteiger partial charge in [-0.3, -0.25) is 4.79 Å². The van der Waals surface area contributed by atoms with Gasteiger partial charge in [-0.1, -0.05) is 31.9 Å². The number of aliphatic carboxylic acids is 1. The zero-order valence-corrected chi connectivity index (χ0v) is 11.8. The van der Waals surface area contributed by atoms with Gasteiger partial charge in [0.05, 0.1) is 17.5 Å². The average Bonchev–Trinajstić information content (AvgIpc) is 3.01. The van der Waals surface area contributed by atoms with Crippen LogP contribution in [-0.2, 0) is 16.8 Å². The molecule has 0 saturated heterocycles. The first kappa shape index (κ1) is 13.2. The van der Waals surface area contributed by atoms with Crippen molar-refractivity contribution < 1.29 is 9.90 Å². The van der Waals surface area contributed by atoms with E-state index >= 15 is 0 Å². The molecule has 0 amide bonds. The monoisotopic (exact) mass is 272 g/mol. The summed E-state index contributed by atoms with van der Waals surface area (Å²) in [5, 5.41) is 8.97. The summed E-state index contributed by atoms with van der Waals surface area (Å²) in [5.74, 6) is 0.308. The number of fused-ring (bicyclic) bond motifs is 1. The smallest absolute Gasteiger partial charge is 0.305 e.